The molecule has 1 saturated heterocycles. The summed E-state index contributed by atoms with van der Waals surface area (Å²) in [6.07, 6.45) is 0. The summed E-state index contributed by atoms with van der Waals surface area (Å²) in [5.74, 6) is -0.126. The van der Waals surface area contributed by atoms with Gasteiger partial charge >= 0.3 is 5.97 Å². The Labute approximate surface area is 169 Å². The number of carbonyl (C=O) groups is 1. The van der Waals surface area contributed by atoms with Gasteiger partial charge in [-0.2, -0.15) is 0 Å². The van der Waals surface area contributed by atoms with Crippen LogP contribution in [0.15, 0.2) is 60.7 Å². The second kappa shape index (κ2) is 9.35. The van der Waals surface area contributed by atoms with Crippen molar-refractivity contribution in [2.45, 2.75) is 26.8 Å². The van der Waals surface area contributed by atoms with Crippen molar-refractivity contribution in [2.75, 3.05) is 39.3 Å². The van der Waals surface area contributed by atoms with E-state index in [0.717, 1.165) is 32.7 Å². The summed E-state index contributed by atoms with van der Waals surface area (Å²) in [4.78, 5) is 16.9. The molecule has 0 aliphatic carbocycles. The Balaban J connectivity index is 1.58. The molecule has 1 fully saturated rings. The van der Waals surface area contributed by atoms with Crippen LogP contribution in [0.5, 0.6) is 0 Å². The third-order valence-electron chi connectivity index (χ3n) is 5.26. The van der Waals surface area contributed by atoms with Crippen molar-refractivity contribution in [1.29, 1.82) is 0 Å². The van der Waals surface area contributed by atoms with Crippen LogP contribution in [0.1, 0.15) is 37.9 Å². The number of ether oxygens (including phenoxy) is 1. The van der Waals surface area contributed by atoms with Gasteiger partial charge in [0.15, 0.2) is 0 Å². The first kappa shape index (κ1) is 20.6. The van der Waals surface area contributed by atoms with Gasteiger partial charge in [-0.15, -0.1) is 0 Å². The fourth-order valence-electron chi connectivity index (χ4n) is 3.61. The Morgan fingerprint density at radius 1 is 0.893 bits per heavy atom. The van der Waals surface area contributed by atoms with Gasteiger partial charge in [0, 0.05) is 32.7 Å². The molecule has 0 unspecified atom stereocenters. The number of nitrogens with zero attached hydrogens (tertiary/aromatic N) is 2. The molecule has 2 aromatic carbocycles. The lowest BCUT2D eigenvalue weighted by Gasteiger charge is -2.39. The molecule has 0 amide bonds. The van der Waals surface area contributed by atoms with Gasteiger partial charge in [0.2, 0.25) is 0 Å². The molecule has 1 aliphatic rings. The third-order valence-corrected chi connectivity index (χ3v) is 5.26. The smallest absolute Gasteiger partial charge is 0.311 e. The number of piperazine rings is 1. The SMILES string of the molecule is CC(C)(C)C(=O)OCCN1CCN(C(c2ccccc2)c2ccccc2)CC1. The Kier molecular flexibility index (Phi) is 6.87. The van der Waals surface area contributed by atoms with Crippen LogP contribution in [0.2, 0.25) is 0 Å². The van der Waals surface area contributed by atoms with Crippen LogP contribution in [-0.2, 0) is 9.53 Å². The van der Waals surface area contributed by atoms with Gasteiger partial charge in [-0.1, -0.05) is 60.7 Å². The maximum atomic E-state index is 11.9. The molecule has 0 aromatic heterocycles. The normalized spacial score (nSPS) is 16.3. The number of benzene rings is 2. The molecule has 0 atom stereocenters. The molecule has 150 valence electrons. The van der Waals surface area contributed by atoms with Crippen molar-refractivity contribution >= 4 is 5.97 Å². The molecule has 4 heteroatoms. The minimum atomic E-state index is -0.433. The van der Waals surface area contributed by atoms with Crippen molar-refractivity contribution in [3.05, 3.63) is 71.8 Å². The highest BCUT2D eigenvalue weighted by Gasteiger charge is 2.27. The third kappa shape index (κ3) is 5.43. The van der Waals surface area contributed by atoms with E-state index in [1.807, 2.05) is 20.8 Å². The molecule has 0 saturated carbocycles. The monoisotopic (exact) mass is 380 g/mol. The van der Waals surface area contributed by atoms with Crippen molar-refractivity contribution < 1.29 is 9.53 Å². The van der Waals surface area contributed by atoms with Crippen LogP contribution in [0, 0.1) is 5.41 Å². The predicted octanol–water partition coefficient (Wildman–Crippen LogP) is 3.98. The molecular formula is C24H32N2O2. The molecule has 1 aliphatic heterocycles. The van der Waals surface area contributed by atoms with Gasteiger partial charge in [-0.25, -0.2) is 0 Å². The fraction of sp³-hybridized carbons (Fsp3) is 0.458. The number of rotatable bonds is 6. The predicted molar refractivity (Wildman–Crippen MR) is 113 cm³/mol. The van der Waals surface area contributed by atoms with Crippen LogP contribution in [0.25, 0.3) is 0 Å². The van der Waals surface area contributed by atoms with Crippen molar-refractivity contribution in [3.63, 3.8) is 0 Å². The number of hydrogen-bond acceptors (Lipinski definition) is 4. The summed E-state index contributed by atoms with van der Waals surface area (Å²) in [6.45, 7) is 10.9. The van der Waals surface area contributed by atoms with Gasteiger partial charge in [-0.3, -0.25) is 14.6 Å². The highest BCUT2D eigenvalue weighted by Crippen LogP contribution is 2.29. The Morgan fingerprint density at radius 2 is 1.39 bits per heavy atom. The van der Waals surface area contributed by atoms with Gasteiger partial charge in [0.25, 0.3) is 0 Å². The van der Waals surface area contributed by atoms with E-state index in [1.165, 1.54) is 11.1 Å². The topological polar surface area (TPSA) is 32.8 Å². The number of esters is 1. The molecule has 0 radical (unpaired) electrons. The Morgan fingerprint density at radius 3 is 1.86 bits per heavy atom. The van der Waals surface area contributed by atoms with Gasteiger partial charge in [0.1, 0.15) is 6.61 Å². The lowest BCUT2D eigenvalue weighted by molar-refractivity contribution is -0.153. The number of hydrogen-bond donors (Lipinski definition) is 0. The van der Waals surface area contributed by atoms with E-state index in [9.17, 15) is 4.79 Å². The first-order chi connectivity index (χ1) is 13.4. The quantitative estimate of drug-likeness (QED) is 0.710. The molecule has 2 aromatic rings. The first-order valence-corrected chi connectivity index (χ1v) is 10.2. The molecule has 0 bridgehead atoms. The Hall–Kier alpha value is -2.17. The average Bonchev–Trinajstić information content (AvgIpc) is 2.70. The molecule has 3 rings (SSSR count). The fourth-order valence-corrected chi connectivity index (χ4v) is 3.61. The molecule has 0 spiro atoms. The van der Waals surface area contributed by atoms with E-state index in [1.54, 1.807) is 0 Å². The summed E-state index contributed by atoms with van der Waals surface area (Å²) in [6, 6.07) is 21.8. The van der Waals surface area contributed by atoms with Crippen LogP contribution < -0.4 is 0 Å². The Bertz CT molecular complexity index is 693. The van der Waals surface area contributed by atoms with Crippen molar-refractivity contribution in [3.8, 4) is 0 Å². The summed E-state index contributed by atoms with van der Waals surface area (Å²) >= 11 is 0. The van der Waals surface area contributed by atoms with Crippen molar-refractivity contribution in [1.82, 2.24) is 9.80 Å². The zero-order chi connectivity index (χ0) is 20.0. The number of carbonyl (C=O) groups excluding carboxylic acids is 1. The first-order valence-electron chi connectivity index (χ1n) is 10.2. The van der Waals surface area contributed by atoms with E-state index in [0.29, 0.717) is 6.61 Å². The van der Waals surface area contributed by atoms with Crippen LogP contribution in [0.3, 0.4) is 0 Å². The summed E-state index contributed by atoms with van der Waals surface area (Å²) in [7, 11) is 0. The van der Waals surface area contributed by atoms with Gasteiger partial charge in [-0.05, 0) is 31.9 Å². The molecular weight excluding hydrogens is 348 g/mol. The lowest BCUT2D eigenvalue weighted by Crippen LogP contribution is -2.48. The second-order valence-electron chi connectivity index (χ2n) is 8.49. The highest BCUT2D eigenvalue weighted by atomic mass is 16.5. The second-order valence-corrected chi connectivity index (χ2v) is 8.49. The minimum absolute atomic E-state index is 0.126. The lowest BCUT2D eigenvalue weighted by atomic mass is 9.96. The van der Waals surface area contributed by atoms with E-state index in [4.69, 9.17) is 4.74 Å². The van der Waals surface area contributed by atoms with E-state index < -0.39 is 5.41 Å². The van der Waals surface area contributed by atoms with Gasteiger partial charge < -0.3 is 4.74 Å². The van der Waals surface area contributed by atoms with E-state index in [2.05, 4.69) is 70.5 Å². The van der Waals surface area contributed by atoms with Crippen LogP contribution in [0.4, 0.5) is 0 Å². The van der Waals surface area contributed by atoms with Crippen molar-refractivity contribution in [2.24, 2.45) is 5.41 Å². The summed E-state index contributed by atoms with van der Waals surface area (Å²) in [5, 5.41) is 0. The largest absolute Gasteiger partial charge is 0.464 e. The minimum Gasteiger partial charge on any atom is -0.464 e. The van der Waals surface area contributed by atoms with E-state index >= 15 is 0 Å². The molecule has 28 heavy (non-hydrogen) atoms. The summed E-state index contributed by atoms with van der Waals surface area (Å²) in [5.41, 5.74) is 2.24. The van der Waals surface area contributed by atoms with Crippen LogP contribution >= 0.6 is 0 Å². The standard InChI is InChI=1S/C24H32N2O2/c1-24(2,3)23(27)28-19-18-25-14-16-26(17-15-25)22(20-10-6-4-7-11-20)21-12-8-5-9-13-21/h4-13,22H,14-19H2,1-3H3. The zero-order valence-corrected chi connectivity index (χ0v) is 17.3. The maximum absolute atomic E-state index is 11.9. The van der Waals surface area contributed by atoms with E-state index in [-0.39, 0.29) is 12.0 Å². The summed E-state index contributed by atoms with van der Waals surface area (Å²) < 4.78 is 5.43. The highest BCUT2D eigenvalue weighted by molar-refractivity contribution is 5.75. The molecule has 4 nitrogen and oxygen atoms in total. The molecule has 0 N–H and O–H groups in total. The zero-order valence-electron chi connectivity index (χ0n) is 17.3. The van der Waals surface area contributed by atoms with Crippen LogP contribution in [-0.4, -0.2) is 55.1 Å². The van der Waals surface area contributed by atoms with Gasteiger partial charge in [0.05, 0.1) is 11.5 Å². The molecule has 1 heterocycles. The average molecular weight is 381 g/mol. The maximum Gasteiger partial charge on any atom is 0.311 e.